The van der Waals surface area contributed by atoms with Crippen molar-refractivity contribution in [2.75, 3.05) is 5.73 Å². The van der Waals surface area contributed by atoms with Crippen LogP contribution >= 0.6 is 0 Å². The zero-order valence-electron chi connectivity index (χ0n) is 10.6. The minimum Gasteiger partial charge on any atom is -0.399 e. The maximum Gasteiger partial charge on any atom is 0.262 e. The molecule has 0 bridgehead atoms. The van der Waals surface area contributed by atoms with Crippen LogP contribution in [0, 0.1) is 11.3 Å². The zero-order chi connectivity index (χ0) is 14.1. The maximum atomic E-state index is 12.5. The highest BCUT2D eigenvalue weighted by molar-refractivity contribution is 6.02. The molecular formula is C16H11N3O. The van der Waals surface area contributed by atoms with E-state index in [1.54, 1.807) is 47.2 Å². The first-order chi connectivity index (χ1) is 9.69. The number of benzene rings is 2. The molecule has 1 heterocycles. The lowest BCUT2D eigenvalue weighted by Gasteiger charge is -2.05. The molecule has 0 fully saturated rings. The van der Waals surface area contributed by atoms with Gasteiger partial charge in [-0.3, -0.25) is 9.36 Å². The average molecular weight is 261 g/mol. The number of carbonyl (C=O) groups is 1. The Morgan fingerprint density at radius 3 is 2.80 bits per heavy atom. The average Bonchev–Trinajstić information content (AvgIpc) is 2.89. The third-order valence-corrected chi connectivity index (χ3v) is 3.17. The highest BCUT2D eigenvalue weighted by Gasteiger charge is 2.12. The van der Waals surface area contributed by atoms with Crippen molar-refractivity contribution in [1.82, 2.24) is 4.57 Å². The monoisotopic (exact) mass is 261 g/mol. The number of rotatable bonds is 1. The molecular weight excluding hydrogens is 250 g/mol. The van der Waals surface area contributed by atoms with E-state index in [4.69, 9.17) is 11.0 Å². The number of nitrogens with zero attached hydrogens (tertiary/aromatic N) is 2. The lowest BCUT2D eigenvalue weighted by Crippen LogP contribution is -2.10. The molecule has 0 saturated carbocycles. The highest BCUT2D eigenvalue weighted by atomic mass is 16.2. The van der Waals surface area contributed by atoms with Crippen LogP contribution in [0.3, 0.4) is 0 Å². The number of fused-ring (bicyclic) bond motifs is 1. The number of aromatic nitrogens is 1. The van der Waals surface area contributed by atoms with E-state index in [9.17, 15) is 4.79 Å². The SMILES string of the molecule is N#Cc1cccc(C(=O)n2ccc3ccc(N)cc32)c1. The fraction of sp³-hybridized carbons (Fsp3) is 0. The molecule has 0 saturated heterocycles. The summed E-state index contributed by atoms with van der Waals surface area (Å²) < 4.78 is 1.54. The Bertz CT molecular complexity index is 856. The van der Waals surface area contributed by atoms with Gasteiger partial charge in [0.1, 0.15) is 0 Å². The summed E-state index contributed by atoms with van der Waals surface area (Å²) in [7, 11) is 0. The van der Waals surface area contributed by atoms with Crippen molar-refractivity contribution in [2.45, 2.75) is 0 Å². The van der Waals surface area contributed by atoms with Crippen molar-refractivity contribution in [1.29, 1.82) is 5.26 Å². The first kappa shape index (κ1) is 12.0. The van der Waals surface area contributed by atoms with Crippen molar-refractivity contribution >= 4 is 22.5 Å². The number of nitrogens with two attached hydrogens (primary N) is 1. The van der Waals surface area contributed by atoms with E-state index < -0.39 is 0 Å². The normalized spacial score (nSPS) is 10.3. The van der Waals surface area contributed by atoms with Crippen molar-refractivity contribution in [3.05, 3.63) is 65.9 Å². The largest absolute Gasteiger partial charge is 0.399 e. The van der Waals surface area contributed by atoms with Crippen molar-refractivity contribution in [3.8, 4) is 6.07 Å². The van der Waals surface area contributed by atoms with E-state index >= 15 is 0 Å². The molecule has 0 radical (unpaired) electrons. The van der Waals surface area contributed by atoms with Crippen LogP contribution in [0.25, 0.3) is 10.9 Å². The minimum absolute atomic E-state index is 0.178. The second-order valence-electron chi connectivity index (χ2n) is 4.50. The summed E-state index contributed by atoms with van der Waals surface area (Å²) in [6, 6.07) is 16.0. The Hall–Kier alpha value is -3.06. The van der Waals surface area contributed by atoms with Gasteiger partial charge in [0.25, 0.3) is 5.91 Å². The molecule has 96 valence electrons. The van der Waals surface area contributed by atoms with Crippen LogP contribution < -0.4 is 5.73 Å². The van der Waals surface area contributed by atoms with Gasteiger partial charge in [0, 0.05) is 22.8 Å². The Morgan fingerprint density at radius 1 is 1.15 bits per heavy atom. The molecule has 3 rings (SSSR count). The van der Waals surface area contributed by atoms with E-state index in [0.717, 1.165) is 10.9 Å². The van der Waals surface area contributed by atoms with Gasteiger partial charge in [-0.1, -0.05) is 12.1 Å². The van der Waals surface area contributed by atoms with Gasteiger partial charge in [-0.05, 0) is 36.4 Å². The van der Waals surface area contributed by atoms with Gasteiger partial charge in [0.2, 0.25) is 0 Å². The number of anilines is 1. The summed E-state index contributed by atoms with van der Waals surface area (Å²) in [5.74, 6) is -0.178. The lowest BCUT2D eigenvalue weighted by atomic mass is 10.1. The molecule has 0 spiro atoms. The van der Waals surface area contributed by atoms with Crippen LogP contribution in [0.4, 0.5) is 5.69 Å². The highest BCUT2D eigenvalue weighted by Crippen LogP contribution is 2.20. The number of nitrogen functional groups attached to an aromatic ring is 1. The summed E-state index contributed by atoms with van der Waals surface area (Å²) in [4.78, 5) is 12.5. The summed E-state index contributed by atoms with van der Waals surface area (Å²) in [6.45, 7) is 0. The van der Waals surface area contributed by atoms with Crippen LogP contribution in [0.1, 0.15) is 15.9 Å². The number of hydrogen-bond acceptors (Lipinski definition) is 3. The molecule has 2 N–H and O–H groups in total. The quantitative estimate of drug-likeness (QED) is 0.684. The van der Waals surface area contributed by atoms with Crippen LogP contribution in [-0.2, 0) is 0 Å². The Morgan fingerprint density at radius 2 is 2.00 bits per heavy atom. The standard InChI is InChI=1S/C16H11N3O/c17-10-11-2-1-3-13(8-11)16(20)19-7-6-12-4-5-14(18)9-15(12)19/h1-9H,18H2. The van der Waals surface area contributed by atoms with Crippen LogP contribution in [0.2, 0.25) is 0 Å². The molecule has 0 aliphatic heterocycles. The van der Waals surface area contributed by atoms with Crippen LogP contribution in [0.15, 0.2) is 54.7 Å². The third kappa shape index (κ3) is 1.91. The Kier molecular flexibility index (Phi) is 2.73. The molecule has 0 aliphatic carbocycles. The van der Waals surface area contributed by atoms with Crippen molar-refractivity contribution in [2.24, 2.45) is 0 Å². The number of hydrogen-bond donors (Lipinski definition) is 1. The predicted octanol–water partition coefficient (Wildman–Crippen LogP) is 2.78. The molecule has 1 aromatic heterocycles. The molecule has 0 amide bonds. The van der Waals surface area contributed by atoms with E-state index in [-0.39, 0.29) is 5.91 Å². The predicted molar refractivity (Wildman–Crippen MR) is 77.2 cm³/mol. The van der Waals surface area contributed by atoms with E-state index in [1.165, 1.54) is 0 Å². The van der Waals surface area contributed by atoms with E-state index in [0.29, 0.717) is 16.8 Å². The van der Waals surface area contributed by atoms with E-state index in [1.807, 2.05) is 18.2 Å². The fourth-order valence-corrected chi connectivity index (χ4v) is 2.18. The Balaban J connectivity index is 2.13. The van der Waals surface area contributed by atoms with Gasteiger partial charge >= 0.3 is 0 Å². The second-order valence-corrected chi connectivity index (χ2v) is 4.50. The molecule has 3 aromatic rings. The lowest BCUT2D eigenvalue weighted by molar-refractivity contribution is 0.0965. The molecule has 0 unspecified atom stereocenters. The first-order valence-corrected chi connectivity index (χ1v) is 6.10. The molecule has 2 aromatic carbocycles. The summed E-state index contributed by atoms with van der Waals surface area (Å²) in [6.07, 6.45) is 1.71. The fourth-order valence-electron chi connectivity index (χ4n) is 2.18. The van der Waals surface area contributed by atoms with Gasteiger partial charge in [-0.25, -0.2) is 0 Å². The summed E-state index contributed by atoms with van der Waals surface area (Å²) in [5.41, 5.74) is 8.08. The first-order valence-electron chi connectivity index (χ1n) is 6.10. The zero-order valence-corrected chi connectivity index (χ0v) is 10.6. The van der Waals surface area contributed by atoms with Crippen molar-refractivity contribution < 1.29 is 4.79 Å². The van der Waals surface area contributed by atoms with Gasteiger partial charge in [-0.2, -0.15) is 5.26 Å². The van der Waals surface area contributed by atoms with Crippen LogP contribution in [-0.4, -0.2) is 10.5 Å². The van der Waals surface area contributed by atoms with Crippen molar-refractivity contribution in [3.63, 3.8) is 0 Å². The minimum atomic E-state index is -0.178. The van der Waals surface area contributed by atoms with Gasteiger partial charge < -0.3 is 5.73 Å². The van der Waals surface area contributed by atoms with E-state index in [2.05, 4.69) is 0 Å². The summed E-state index contributed by atoms with van der Waals surface area (Å²) >= 11 is 0. The van der Waals surface area contributed by atoms with Gasteiger partial charge in [0.05, 0.1) is 17.1 Å². The molecule has 0 atom stereocenters. The molecule has 0 aliphatic rings. The second kappa shape index (κ2) is 4.56. The van der Waals surface area contributed by atoms with Gasteiger partial charge in [0.15, 0.2) is 0 Å². The number of carbonyl (C=O) groups excluding carboxylic acids is 1. The topological polar surface area (TPSA) is 71.8 Å². The third-order valence-electron chi connectivity index (χ3n) is 3.17. The van der Waals surface area contributed by atoms with Crippen LogP contribution in [0.5, 0.6) is 0 Å². The molecule has 4 nitrogen and oxygen atoms in total. The number of nitriles is 1. The maximum absolute atomic E-state index is 12.5. The Labute approximate surface area is 115 Å². The van der Waals surface area contributed by atoms with Gasteiger partial charge in [-0.15, -0.1) is 0 Å². The smallest absolute Gasteiger partial charge is 0.262 e. The summed E-state index contributed by atoms with van der Waals surface area (Å²) in [5, 5.41) is 9.85. The molecule has 4 heteroatoms. The molecule has 20 heavy (non-hydrogen) atoms.